The minimum atomic E-state index is -3.88. The van der Waals surface area contributed by atoms with Crippen LogP contribution in [0.1, 0.15) is 12.5 Å². The molecule has 31 heavy (non-hydrogen) atoms. The molecule has 1 aromatic heterocycles. The SMILES string of the molecule is CCS(=O)(=O)c1nnc(NC(=O)/C(C#N)=C\c2cc(Cl)c(OS(C)(=O)=O)c(OC)c2)s1. The Morgan fingerprint density at radius 2 is 2.00 bits per heavy atom. The van der Waals surface area contributed by atoms with Crippen molar-refractivity contribution in [2.75, 3.05) is 24.4 Å². The molecule has 0 bridgehead atoms. The maximum Gasteiger partial charge on any atom is 0.306 e. The number of rotatable bonds is 8. The number of ether oxygens (including phenoxy) is 1. The number of halogens is 1. The highest BCUT2D eigenvalue weighted by atomic mass is 35.5. The van der Waals surface area contributed by atoms with Gasteiger partial charge in [0.1, 0.15) is 11.6 Å². The minimum absolute atomic E-state index is 0.0413. The van der Waals surface area contributed by atoms with Gasteiger partial charge in [0.15, 0.2) is 5.75 Å². The van der Waals surface area contributed by atoms with E-state index in [0.29, 0.717) is 11.3 Å². The van der Waals surface area contributed by atoms with E-state index in [2.05, 4.69) is 15.5 Å². The van der Waals surface area contributed by atoms with Crippen LogP contribution in [0.2, 0.25) is 5.02 Å². The molecule has 166 valence electrons. The summed E-state index contributed by atoms with van der Waals surface area (Å²) in [7, 11) is -6.22. The van der Waals surface area contributed by atoms with Gasteiger partial charge in [0.25, 0.3) is 5.91 Å². The second-order valence-corrected chi connectivity index (χ2v) is 11.1. The minimum Gasteiger partial charge on any atom is -0.493 e. The van der Waals surface area contributed by atoms with Gasteiger partial charge in [-0.15, -0.1) is 10.2 Å². The third-order valence-electron chi connectivity index (χ3n) is 3.44. The van der Waals surface area contributed by atoms with E-state index in [4.69, 9.17) is 20.5 Å². The third kappa shape index (κ3) is 6.37. The summed E-state index contributed by atoms with van der Waals surface area (Å²) in [6, 6.07) is 4.29. The Labute approximate surface area is 187 Å². The summed E-state index contributed by atoms with van der Waals surface area (Å²) in [5.41, 5.74) is -0.133. The highest BCUT2D eigenvalue weighted by molar-refractivity contribution is 7.93. The monoisotopic (exact) mass is 506 g/mol. The van der Waals surface area contributed by atoms with Gasteiger partial charge in [0.2, 0.25) is 25.1 Å². The molecule has 15 heteroatoms. The topological polar surface area (TPSA) is 165 Å². The Hall–Kier alpha value is -2.73. The summed E-state index contributed by atoms with van der Waals surface area (Å²) in [6.45, 7) is 1.44. The molecule has 0 radical (unpaired) electrons. The van der Waals surface area contributed by atoms with Crippen LogP contribution < -0.4 is 14.2 Å². The number of anilines is 1. The number of hydrogen-bond donors (Lipinski definition) is 1. The van der Waals surface area contributed by atoms with Crippen LogP contribution in [0.25, 0.3) is 6.08 Å². The maximum absolute atomic E-state index is 12.4. The average Bonchev–Trinajstić information content (AvgIpc) is 3.16. The predicted octanol–water partition coefficient (Wildman–Crippen LogP) is 1.88. The largest absolute Gasteiger partial charge is 0.493 e. The molecule has 1 heterocycles. The zero-order chi connectivity index (χ0) is 23.4. The van der Waals surface area contributed by atoms with Crippen molar-refractivity contribution in [2.24, 2.45) is 0 Å². The zero-order valence-corrected chi connectivity index (χ0v) is 19.4. The lowest BCUT2D eigenvalue weighted by atomic mass is 10.1. The molecule has 0 spiro atoms. The normalized spacial score (nSPS) is 12.2. The summed E-state index contributed by atoms with van der Waals surface area (Å²) in [5, 5.41) is 18.5. The van der Waals surface area contributed by atoms with Crippen molar-refractivity contribution in [3.05, 3.63) is 28.3 Å². The number of amides is 1. The molecule has 0 saturated carbocycles. The molecular formula is C16H15ClN4O7S3. The van der Waals surface area contributed by atoms with Gasteiger partial charge in [-0.2, -0.15) is 13.7 Å². The van der Waals surface area contributed by atoms with Gasteiger partial charge in [-0.05, 0) is 23.8 Å². The molecule has 1 amide bonds. The fraction of sp³-hybridized carbons (Fsp3) is 0.250. The number of nitrogens with zero attached hydrogens (tertiary/aromatic N) is 3. The molecule has 0 atom stereocenters. The highest BCUT2D eigenvalue weighted by Crippen LogP contribution is 2.37. The number of carbonyl (C=O) groups excluding carboxylic acids is 1. The molecule has 0 aliphatic carbocycles. The number of nitrogens with one attached hydrogen (secondary N) is 1. The molecular weight excluding hydrogens is 492 g/mol. The summed E-state index contributed by atoms with van der Waals surface area (Å²) in [4.78, 5) is 12.4. The summed E-state index contributed by atoms with van der Waals surface area (Å²) >= 11 is 6.71. The first-order chi connectivity index (χ1) is 14.4. The van der Waals surface area contributed by atoms with Gasteiger partial charge in [-0.1, -0.05) is 29.9 Å². The predicted molar refractivity (Wildman–Crippen MR) is 113 cm³/mol. The van der Waals surface area contributed by atoms with E-state index >= 15 is 0 Å². The Kier molecular flexibility index (Phi) is 7.60. The standard InChI is InChI=1S/C16H15ClN4O7S3/c1-4-31(25,26)16-21-20-15(29-16)19-14(22)10(8-18)5-9-6-11(17)13(12(7-9)27-2)28-30(3,23)24/h5-7H,4H2,1-3H3,(H,19,20,22)/b10-5-. The van der Waals surface area contributed by atoms with E-state index in [1.165, 1.54) is 32.2 Å². The molecule has 11 nitrogen and oxygen atoms in total. The zero-order valence-electron chi connectivity index (χ0n) is 16.2. The van der Waals surface area contributed by atoms with E-state index in [0.717, 1.165) is 6.26 Å². The molecule has 2 aromatic rings. The molecule has 1 N–H and O–H groups in total. The first-order valence-electron chi connectivity index (χ1n) is 8.16. The fourth-order valence-corrected chi connectivity index (χ4v) is 4.81. The van der Waals surface area contributed by atoms with E-state index < -0.39 is 25.9 Å². The van der Waals surface area contributed by atoms with Crippen LogP contribution >= 0.6 is 22.9 Å². The number of carbonyl (C=O) groups is 1. The van der Waals surface area contributed by atoms with Crippen molar-refractivity contribution in [3.8, 4) is 17.6 Å². The van der Waals surface area contributed by atoms with Gasteiger partial charge in [-0.25, -0.2) is 8.42 Å². The summed E-state index contributed by atoms with van der Waals surface area (Å²) in [5.74, 6) is -1.34. The lowest BCUT2D eigenvalue weighted by Gasteiger charge is -2.11. The summed E-state index contributed by atoms with van der Waals surface area (Å²) in [6.07, 6.45) is 2.00. The molecule has 0 fully saturated rings. The van der Waals surface area contributed by atoms with Crippen LogP contribution in [0.5, 0.6) is 11.5 Å². The van der Waals surface area contributed by atoms with E-state index in [9.17, 15) is 26.9 Å². The number of benzene rings is 1. The first kappa shape index (κ1) is 24.5. The Bertz CT molecular complexity index is 1290. The molecule has 1 aromatic carbocycles. The van der Waals surface area contributed by atoms with Crippen molar-refractivity contribution < 1.29 is 30.6 Å². The molecule has 0 unspecified atom stereocenters. The van der Waals surface area contributed by atoms with E-state index in [1.807, 2.05) is 0 Å². The van der Waals surface area contributed by atoms with Gasteiger partial charge in [-0.3, -0.25) is 10.1 Å². The van der Waals surface area contributed by atoms with Crippen molar-refractivity contribution in [1.82, 2.24) is 10.2 Å². The lowest BCUT2D eigenvalue weighted by molar-refractivity contribution is -0.112. The van der Waals surface area contributed by atoms with E-state index in [-0.39, 0.29) is 42.9 Å². The molecule has 0 aliphatic heterocycles. The summed E-state index contributed by atoms with van der Waals surface area (Å²) < 4.78 is 56.0. The second kappa shape index (κ2) is 9.60. The number of hydrogen-bond acceptors (Lipinski definition) is 11. The van der Waals surface area contributed by atoms with E-state index in [1.54, 1.807) is 6.07 Å². The van der Waals surface area contributed by atoms with Crippen molar-refractivity contribution in [1.29, 1.82) is 5.26 Å². The van der Waals surface area contributed by atoms with Crippen LogP contribution in [-0.2, 0) is 24.7 Å². The molecule has 0 saturated heterocycles. The highest BCUT2D eigenvalue weighted by Gasteiger charge is 2.21. The van der Waals surface area contributed by atoms with Crippen molar-refractivity contribution in [3.63, 3.8) is 0 Å². The molecule has 0 aliphatic rings. The van der Waals surface area contributed by atoms with Crippen LogP contribution in [-0.4, -0.2) is 52.1 Å². The second-order valence-electron chi connectivity index (χ2n) is 5.72. The Balaban J connectivity index is 2.34. The van der Waals surface area contributed by atoms with Crippen molar-refractivity contribution >= 4 is 60.0 Å². The van der Waals surface area contributed by atoms with Gasteiger partial charge in [0, 0.05) is 0 Å². The van der Waals surface area contributed by atoms with Crippen molar-refractivity contribution in [2.45, 2.75) is 11.3 Å². The smallest absolute Gasteiger partial charge is 0.306 e. The lowest BCUT2D eigenvalue weighted by Crippen LogP contribution is -2.13. The average molecular weight is 507 g/mol. The maximum atomic E-state index is 12.4. The number of methoxy groups -OCH3 is 1. The molecule has 2 rings (SSSR count). The van der Waals surface area contributed by atoms with Crippen LogP contribution in [0, 0.1) is 11.3 Å². The number of sulfone groups is 1. The van der Waals surface area contributed by atoms with Crippen LogP contribution in [0.4, 0.5) is 5.13 Å². The third-order valence-corrected chi connectivity index (χ3v) is 7.20. The van der Waals surface area contributed by atoms with Gasteiger partial charge in [0.05, 0.1) is 24.1 Å². The number of aromatic nitrogens is 2. The first-order valence-corrected chi connectivity index (χ1v) is 12.8. The Morgan fingerprint density at radius 1 is 1.32 bits per heavy atom. The van der Waals surface area contributed by atoms with Crippen LogP contribution in [0.3, 0.4) is 0 Å². The Morgan fingerprint density at radius 3 is 2.55 bits per heavy atom. The van der Waals surface area contributed by atoms with Gasteiger partial charge < -0.3 is 8.92 Å². The quantitative estimate of drug-likeness (QED) is 0.241. The fourth-order valence-electron chi connectivity index (χ4n) is 2.04. The van der Waals surface area contributed by atoms with Crippen LogP contribution in [0.15, 0.2) is 22.0 Å². The number of nitriles is 1. The van der Waals surface area contributed by atoms with Gasteiger partial charge >= 0.3 is 10.1 Å².